The van der Waals surface area contributed by atoms with Crippen molar-refractivity contribution in [3.63, 3.8) is 0 Å². The van der Waals surface area contributed by atoms with Crippen molar-refractivity contribution in [2.75, 3.05) is 0 Å². The predicted octanol–water partition coefficient (Wildman–Crippen LogP) is 4.47. The van der Waals surface area contributed by atoms with Gasteiger partial charge < -0.3 is 4.74 Å². The molecule has 3 rings (SSSR count). The second-order valence-corrected chi connectivity index (χ2v) is 4.67. The van der Waals surface area contributed by atoms with Gasteiger partial charge in [-0.2, -0.15) is 4.39 Å². The Bertz CT molecular complexity index is 711. The molecule has 0 N–H and O–H groups in total. The molecular formula is C18H14FNO. The van der Waals surface area contributed by atoms with Crippen molar-refractivity contribution in [1.82, 2.24) is 4.98 Å². The third-order valence-electron chi connectivity index (χ3n) is 3.14. The molecule has 2 nitrogen and oxygen atoms in total. The largest absolute Gasteiger partial charge is 0.489 e. The van der Waals surface area contributed by atoms with Crippen LogP contribution in [0.5, 0.6) is 5.75 Å². The summed E-state index contributed by atoms with van der Waals surface area (Å²) >= 11 is 0. The Labute approximate surface area is 122 Å². The molecule has 3 aromatic rings. The lowest BCUT2D eigenvalue weighted by Crippen LogP contribution is -1.95. The molecular weight excluding hydrogens is 265 g/mol. The molecule has 0 aliphatic heterocycles. The minimum absolute atomic E-state index is 0.477. The Balaban J connectivity index is 1.75. The van der Waals surface area contributed by atoms with Gasteiger partial charge in [0.1, 0.15) is 12.4 Å². The molecule has 0 aliphatic carbocycles. The van der Waals surface area contributed by atoms with E-state index in [0.717, 1.165) is 22.4 Å². The van der Waals surface area contributed by atoms with E-state index in [2.05, 4.69) is 4.98 Å². The molecule has 21 heavy (non-hydrogen) atoms. The van der Waals surface area contributed by atoms with Crippen LogP contribution in [0, 0.1) is 5.95 Å². The summed E-state index contributed by atoms with van der Waals surface area (Å²) in [5.74, 6) is 0.302. The van der Waals surface area contributed by atoms with Crippen LogP contribution in [0.2, 0.25) is 0 Å². The number of ether oxygens (including phenoxy) is 1. The topological polar surface area (TPSA) is 22.1 Å². The van der Waals surface area contributed by atoms with Crippen molar-refractivity contribution in [2.45, 2.75) is 6.61 Å². The molecule has 0 amide bonds. The third-order valence-corrected chi connectivity index (χ3v) is 3.14. The lowest BCUT2D eigenvalue weighted by Gasteiger charge is -2.08. The van der Waals surface area contributed by atoms with E-state index in [0.29, 0.717) is 6.61 Å². The first-order chi connectivity index (χ1) is 10.3. The maximum Gasteiger partial charge on any atom is 0.212 e. The van der Waals surface area contributed by atoms with Gasteiger partial charge in [-0.25, -0.2) is 4.98 Å². The van der Waals surface area contributed by atoms with Crippen LogP contribution in [0.1, 0.15) is 5.56 Å². The van der Waals surface area contributed by atoms with Crippen molar-refractivity contribution >= 4 is 0 Å². The predicted molar refractivity (Wildman–Crippen MR) is 80.4 cm³/mol. The number of hydrogen-bond acceptors (Lipinski definition) is 2. The van der Waals surface area contributed by atoms with Crippen LogP contribution in [0.3, 0.4) is 0 Å². The van der Waals surface area contributed by atoms with E-state index >= 15 is 0 Å². The Morgan fingerprint density at radius 2 is 1.71 bits per heavy atom. The molecule has 0 bridgehead atoms. The molecule has 0 radical (unpaired) electrons. The molecule has 3 heteroatoms. The SMILES string of the molecule is Fc1ccc(-c2cccc(OCc3ccccc3)c2)cn1. The van der Waals surface area contributed by atoms with Crippen molar-refractivity contribution < 1.29 is 9.13 Å². The molecule has 0 fully saturated rings. The first-order valence-electron chi connectivity index (χ1n) is 6.70. The van der Waals surface area contributed by atoms with Gasteiger partial charge in [-0.15, -0.1) is 0 Å². The summed E-state index contributed by atoms with van der Waals surface area (Å²) in [6.45, 7) is 0.520. The molecule has 1 aromatic heterocycles. The molecule has 0 saturated heterocycles. The van der Waals surface area contributed by atoms with E-state index in [1.165, 1.54) is 12.3 Å². The zero-order chi connectivity index (χ0) is 14.5. The molecule has 1 heterocycles. The Morgan fingerprint density at radius 1 is 0.857 bits per heavy atom. The van der Waals surface area contributed by atoms with Gasteiger partial charge in [-0.05, 0) is 35.4 Å². The van der Waals surface area contributed by atoms with Crippen LogP contribution in [-0.4, -0.2) is 4.98 Å². The van der Waals surface area contributed by atoms with E-state index in [9.17, 15) is 4.39 Å². The Morgan fingerprint density at radius 3 is 2.48 bits per heavy atom. The number of aromatic nitrogens is 1. The molecule has 2 aromatic carbocycles. The normalized spacial score (nSPS) is 10.3. The van der Waals surface area contributed by atoms with Crippen molar-refractivity contribution in [3.05, 3.63) is 84.4 Å². The molecule has 0 spiro atoms. The molecule has 0 atom stereocenters. The van der Waals surface area contributed by atoms with Gasteiger partial charge in [-0.3, -0.25) is 0 Å². The van der Waals surface area contributed by atoms with Crippen LogP contribution >= 0.6 is 0 Å². The second-order valence-electron chi connectivity index (χ2n) is 4.67. The summed E-state index contributed by atoms with van der Waals surface area (Å²) in [5, 5.41) is 0. The standard InChI is InChI=1S/C18H14FNO/c19-18-10-9-16(12-20-18)15-7-4-8-17(11-15)21-13-14-5-2-1-3-6-14/h1-12H,13H2. The van der Waals surface area contributed by atoms with Crippen molar-refractivity contribution in [2.24, 2.45) is 0 Å². The third kappa shape index (κ3) is 3.45. The summed E-state index contributed by atoms with van der Waals surface area (Å²) in [4.78, 5) is 3.67. The van der Waals surface area contributed by atoms with Crippen LogP contribution < -0.4 is 4.74 Å². The van der Waals surface area contributed by atoms with Gasteiger partial charge in [0.25, 0.3) is 0 Å². The van der Waals surface area contributed by atoms with Crippen molar-refractivity contribution in [1.29, 1.82) is 0 Å². The summed E-state index contributed by atoms with van der Waals surface area (Å²) in [6, 6.07) is 20.8. The van der Waals surface area contributed by atoms with E-state index in [-0.39, 0.29) is 0 Å². The molecule has 0 aliphatic rings. The highest BCUT2D eigenvalue weighted by atomic mass is 19.1. The first-order valence-corrected chi connectivity index (χ1v) is 6.70. The highest BCUT2D eigenvalue weighted by molar-refractivity contribution is 5.63. The van der Waals surface area contributed by atoms with E-state index in [1.807, 2.05) is 54.6 Å². The summed E-state index contributed by atoms with van der Waals surface area (Å²) in [7, 11) is 0. The molecule has 0 unspecified atom stereocenters. The van der Waals surface area contributed by atoms with Gasteiger partial charge in [0.05, 0.1) is 0 Å². The summed E-state index contributed by atoms with van der Waals surface area (Å²) in [6.07, 6.45) is 1.52. The Kier molecular flexibility index (Phi) is 3.92. The zero-order valence-electron chi connectivity index (χ0n) is 11.4. The maximum atomic E-state index is 12.9. The smallest absolute Gasteiger partial charge is 0.212 e. The minimum Gasteiger partial charge on any atom is -0.489 e. The number of pyridine rings is 1. The van der Waals surface area contributed by atoms with Gasteiger partial charge in [0, 0.05) is 11.8 Å². The highest BCUT2D eigenvalue weighted by Crippen LogP contribution is 2.23. The van der Waals surface area contributed by atoms with Gasteiger partial charge in [-0.1, -0.05) is 42.5 Å². The van der Waals surface area contributed by atoms with Crippen LogP contribution in [0.25, 0.3) is 11.1 Å². The number of rotatable bonds is 4. The van der Waals surface area contributed by atoms with Gasteiger partial charge >= 0.3 is 0 Å². The fourth-order valence-corrected chi connectivity index (χ4v) is 2.05. The first kappa shape index (κ1) is 13.3. The fourth-order valence-electron chi connectivity index (χ4n) is 2.05. The molecule has 0 saturated carbocycles. The van der Waals surface area contributed by atoms with Crippen LogP contribution in [0.4, 0.5) is 4.39 Å². The Hall–Kier alpha value is -2.68. The number of benzene rings is 2. The highest BCUT2D eigenvalue weighted by Gasteiger charge is 2.02. The number of nitrogens with zero attached hydrogens (tertiary/aromatic N) is 1. The lowest BCUT2D eigenvalue weighted by atomic mass is 10.1. The van der Waals surface area contributed by atoms with E-state index in [4.69, 9.17) is 4.74 Å². The maximum absolute atomic E-state index is 12.9. The second kappa shape index (κ2) is 6.18. The van der Waals surface area contributed by atoms with Gasteiger partial charge in [0.15, 0.2) is 0 Å². The summed E-state index contributed by atoms with van der Waals surface area (Å²) < 4.78 is 18.6. The fraction of sp³-hybridized carbons (Fsp3) is 0.0556. The molecule has 104 valence electrons. The number of hydrogen-bond donors (Lipinski definition) is 0. The number of halogens is 1. The van der Waals surface area contributed by atoms with Crippen LogP contribution in [-0.2, 0) is 6.61 Å². The zero-order valence-corrected chi connectivity index (χ0v) is 11.4. The monoisotopic (exact) mass is 279 g/mol. The quantitative estimate of drug-likeness (QED) is 0.657. The summed E-state index contributed by atoms with van der Waals surface area (Å²) in [5.41, 5.74) is 2.93. The van der Waals surface area contributed by atoms with Crippen molar-refractivity contribution in [3.8, 4) is 16.9 Å². The van der Waals surface area contributed by atoms with E-state index < -0.39 is 5.95 Å². The minimum atomic E-state index is -0.477. The lowest BCUT2D eigenvalue weighted by molar-refractivity contribution is 0.306. The van der Waals surface area contributed by atoms with Crippen LogP contribution in [0.15, 0.2) is 72.9 Å². The average Bonchev–Trinajstić information content (AvgIpc) is 2.55. The van der Waals surface area contributed by atoms with E-state index in [1.54, 1.807) is 6.07 Å². The van der Waals surface area contributed by atoms with Gasteiger partial charge in [0.2, 0.25) is 5.95 Å². The average molecular weight is 279 g/mol.